The molecular formula is C15H23NO3S2. The number of hydrogen-bond donors (Lipinski definition) is 1. The van der Waals surface area contributed by atoms with Crippen molar-refractivity contribution < 1.29 is 13.5 Å². The van der Waals surface area contributed by atoms with Gasteiger partial charge in [0, 0.05) is 28.3 Å². The molecule has 0 radical (unpaired) electrons. The van der Waals surface area contributed by atoms with Gasteiger partial charge in [0.15, 0.2) is 0 Å². The monoisotopic (exact) mass is 329 g/mol. The average molecular weight is 329 g/mol. The third-order valence-electron chi connectivity index (χ3n) is 5.05. The van der Waals surface area contributed by atoms with Crippen molar-refractivity contribution in [2.24, 2.45) is 5.41 Å². The summed E-state index contributed by atoms with van der Waals surface area (Å²) < 4.78 is 27.4. The molecule has 2 atom stereocenters. The Balaban J connectivity index is 1.91. The van der Waals surface area contributed by atoms with Crippen LogP contribution in [0.2, 0.25) is 0 Å². The van der Waals surface area contributed by atoms with Gasteiger partial charge in [-0.2, -0.15) is 4.31 Å². The second-order valence-electron chi connectivity index (χ2n) is 6.49. The molecule has 1 spiro atoms. The quantitative estimate of drug-likeness (QED) is 0.907. The summed E-state index contributed by atoms with van der Waals surface area (Å²) in [5, 5.41) is 10.3. The molecule has 2 aliphatic rings. The van der Waals surface area contributed by atoms with Crippen molar-refractivity contribution in [3.63, 3.8) is 0 Å². The Bertz CT molecular complexity index is 637. The van der Waals surface area contributed by atoms with E-state index in [-0.39, 0.29) is 11.5 Å². The number of aliphatic hydroxyl groups excluding tert-OH is 1. The summed E-state index contributed by atoms with van der Waals surface area (Å²) in [6, 6.07) is 1.78. The first-order valence-electron chi connectivity index (χ1n) is 7.60. The molecule has 0 amide bonds. The number of thiophene rings is 1. The molecule has 4 nitrogen and oxygen atoms in total. The van der Waals surface area contributed by atoms with Crippen LogP contribution in [-0.4, -0.2) is 37.0 Å². The fourth-order valence-corrected chi connectivity index (χ4v) is 7.02. The summed E-state index contributed by atoms with van der Waals surface area (Å²) >= 11 is 1.53. The summed E-state index contributed by atoms with van der Waals surface area (Å²) in [5.74, 6) is 0. The van der Waals surface area contributed by atoms with Crippen LogP contribution >= 0.6 is 11.3 Å². The molecule has 21 heavy (non-hydrogen) atoms. The van der Waals surface area contributed by atoms with Crippen LogP contribution in [-0.2, 0) is 10.0 Å². The smallest absolute Gasteiger partial charge is 0.244 e. The maximum Gasteiger partial charge on any atom is 0.244 e. The van der Waals surface area contributed by atoms with Crippen molar-refractivity contribution >= 4 is 21.4 Å². The zero-order chi connectivity index (χ0) is 15.3. The number of aryl methyl sites for hydroxylation is 2. The van der Waals surface area contributed by atoms with Crippen LogP contribution < -0.4 is 0 Å². The maximum absolute atomic E-state index is 12.9. The minimum atomic E-state index is -3.43. The minimum Gasteiger partial charge on any atom is -0.392 e. The lowest BCUT2D eigenvalue weighted by Gasteiger charge is -2.41. The lowest BCUT2D eigenvalue weighted by atomic mass is 9.77. The van der Waals surface area contributed by atoms with Crippen molar-refractivity contribution in [1.82, 2.24) is 4.31 Å². The Morgan fingerprint density at radius 3 is 2.62 bits per heavy atom. The molecule has 2 heterocycles. The van der Waals surface area contributed by atoms with Crippen molar-refractivity contribution in [3.8, 4) is 0 Å². The summed E-state index contributed by atoms with van der Waals surface area (Å²) in [6.45, 7) is 4.86. The van der Waals surface area contributed by atoms with Crippen LogP contribution in [0, 0.1) is 19.3 Å². The molecule has 0 aromatic carbocycles. The van der Waals surface area contributed by atoms with E-state index in [1.807, 2.05) is 13.8 Å². The highest BCUT2D eigenvalue weighted by Crippen LogP contribution is 2.46. The highest BCUT2D eigenvalue weighted by Gasteiger charge is 2.47. The third kappa shape index (κ3) is 2.56. The van der Waals surface area contributed by atoms with Crippen molar-refractivity contribution in [3.05, 3.63) is 15.8 Å². The second kappa shape index (κ2) is 5.33. The van der Waals surface area contributed by atoms with E-state index < -0.39 is 10.0 Å². The van der Waals surface area contributed by atoms with Gasteiger partial charge in [-0.1, -0.05) is 6.42 Å². The molecule has 1 aromatic heterocycles. The summed E-state index contributed by atoms with van der Waals surface area (Å²) in [5.41, 5.74) is -0.204. The molecule has 3 rings (SSSR count). The first-order chi connectivity index (χ1) is 9.85. The van der Waals surface area contributed by atoms with E-state index in [4.69, 9.17) is 0 Å². The normalized spacial score (nSPS) is 31.1. The van der Waals surface area contributed by atoms with Crippen LogP contribution in [0.4, 0.5) is 0 Å². The molecule has 118 valence electrons. The predicted octanol–water partition coefficient (Wildman–Crippen LogP) is 2.68. The van der Waals surface area contributed by atoms with Gasteiger partial charge in [-0.05, 0) is 45.6 Å². The van der Waals surface area contributed by atoms with Gasteiger partial charge in [-0.15, -0.1) is 11.3 Å². The summed E-state index contributed by atoms with van der Waals surface area (Å²) in [7, 11) is -3.43. The number of sulfonamides is 1. The zero-order valence-electron chi connectivity index (χ0n) is 12.6. The SMILES string of the molecule is Cc1cc(S(=O)(=O)N2CCC[C@@]3(CCC[C@H]3O)C2)c(C)s1. The van der Waals surface area contributed by atoms with Gasteiger partial charge in [0.1, 0.15) is 0 Å². The van der Waals surface area contributed by atoms with E-state index in [2.05, 4.69) is 0 Å². The zero-order valence-corrected chi connectivity index (χ0v) is 14.3. The Kier molecular flexibility index (Phi) is 3.93. The second-order valence-corrected chi connectivity index (χ2v) is 9.86. The molecule has 1 aliphatic carbocycles. The van der Waals surface area contributed by atoms with Crippen LogP contribution in [0.3, 0.4) is 0 Å². The van der Waals surface area contributed by atoms with Crippen molar-refractivity contribution in [2.75, 3.05) is 13.1 Å². The maximum atomic E-state index is 12.9. The van der Waals surface area contributed by atoms with Crippen LogP contribution in [0.15, 0.2) is 11.0 Å². The fraction of sp³-hybridized carbons (Fsp3) is 0.733. The predicted molar refractivity (Wildman–Crippen MR) is 84.1 cm³/mol. The molecular weight excluding hydrogens is 306 g/mol. The van der Waals surface area contributed by atoms with Crippen LogP contribution in [0.25, 0.3) is 0 Å². The molecule has 1 saturated carbocycles. The van der Waals surface area contributed by atoms with E-state index >= 15 is 0 Å². The molecule has 0 unspecified atom stereocenters. The van der Waals surface area contributed by atoms with Gasteiger partial charge >= 0.3 is 0 Å². The van der Waals surface area contributed by atoms with Gasteiger partial charge in [-0.25, -0.2) is 8.42 Å². The molecule has 1 aromatic rings. The Hall–Kier alpha value is -0.430. The standard InChI is InChI=1S/C15H23NO3S2/c1-11-9-13(12(2)20-11)21(18,19)16-8-4-7-15(10-16)6-3-5-14(15)17/h9,14,17H,3-8,10H2,1-2H3/t14-,15+/m1/s1. The number of piperidine rings is 1. The molecule has 2 fully saturated rings. The van der Waals surface area contributed by atoms with Gasteiger partial charge in [0.05, 0.1) is 11.0 Å². The number of hydrogen-bond acceptors (Lipinski definition) is 4. The van der Waals surface area contributed by atoms with Crippen molar-refractivity contribution in [1.29, 1.82) is 0 Å². The highest BCUT2D eigenvalue weighted by atomic mass is 32.2. The topological polar surface area (TPSA) is 57.6 Å². The first kappa shape index (κ1) is 15.5. The van der Waals surface area contributed by atoms with Gasteiger partial charge in [0.2, 0.25) is 10.0 Å². The number of nitrogens with zero attached hydrogens (tertiary/aromatic N) is 1. The minimum absolute atomic E-state index is 0.204. The van der Waals surface area contributed by atoms with Gasteiger partial charge in [-0.3, -0.25) is 0 Å². The first-order valence-corrected chi connectivity index (χ1v) is 9.86. The number of aliphatic hydroxyl groups is 1. The van der Waals surface area contributed by atoms with E-state index in [9.17, 15) is 13.5 Å². The molecule has 1 saturated heterocycles. The highest BCUT2D eigenvalue weighted by molar-refractivity contribution is 7.89. The lowest BCUT2D eigenvalue weighted by molar-refractivity contribution is 0.0127. The van der Waals surface area contributed by atoms with Gasteiger partial charge < -0.3 is 5.11 Å². The van der Waals surface area contributed by atoms with E-state index in [0.29, 0.717) is 18.0 Å². The van der Waals surface area contributed by atoms with Crippen molar-refractivity contribution in [2.45, 2.75) is 57.0 Å². The Morgan fingerprint density at radius 2 is 2.05 bits per heavy atom. The Labute approximate surface area is 130 Å². The fourth-order valence-electron chi connectivity index (χ4n) is 3.92. The average Bonchev–Trinajstić information content (AvgIpc) is 2.94. The summed E-state index contributed by atoms with van der Waals surface area (Å²) in [6.07, 6.45) is 4.21. The molecule has 6 heteroatoms. The van der Waals surface area contributed by atoms with E-state index in [1.54, 1.807) is 10.4 Å². The molecule has 1 N–H and O–H groups in total. The van der Waals surface area contributed by atoms with E-state index in [0.717, 1.165) is 41.9 Å². The summed E-state index contributed by atoms with van der Waals surface area (Å²) in [4.78, 5) is 2.34. The molecule has 1 aliphatic heterocycles. The van der Waals surface area contributed by atoms with Crippen LogP contribution in [0.1, 0.15) is 41.9 Å². The third-order valence-corrected chi connectivity index (χ3v) is 8.11. The Morgan fingerprint density at radius 1 is 1.33 bits per heavy atom. The van der Waals surface area contributed by atoms with Crippen LogP contribution in [0.5, 0.6) is 0 Å². The largest absolute Gasteiger partial charge is 0.392 e. The lowest BCUT2D eigenvalue weighted by Crippen LogP contribution is -2.49. The van der Waals surface area contributed by atoms with Gasteiger partial charge in [0.25, 0.3) is 0 Å². The number of rotatable bonds is 2. The van der Waals surface area contributed by atoms with E-state index in [1.165, 1.54) is 11.3 Å². The molecule has 0 bridgehead atoms.